The third kappa shape index (κ3) is 4.29. The molecule has 2 amide bonds. The number of para-hydroxylation sites is 1. The Labute approximate surface area is 103 Å². The van der Waals surface area contributed by atoms with Crippen molar-refractivity contribution in [3.63, 3.8) is 0 Å². The monoisotopic (exact) mass is 257 g/mol. The highest BCUT2D eigenvalue weighted by molar-refractivity contribution is 6.33. The van der Waals surface area contributed by atoms with E-state index < -0.39 is 18.0 Å². The number of hydrogen-bond donors (Lipinski definition) is 4. The third-order valence-electron chi connectivity index (χ3n) is 1.92. The number of hydrogen-bond acceptors (Lipinski definition) is 3. The first kappa shape index (κ1) is 13.3. The molecule has 0 saturated carbocycles. The molecule has 6 nitrogen and oxygen atoms in total. The van der Waals surface area contributed by atoms with E-state index in [1.165, 1.54) is 0 Å². The molecule has 92 valence electrons. The summed E-state index contributed by atoms with van der Waals surface area (Å²) in [7, 11) is 0. The van der Waals surface area contributed by atoms with Gasteiger partial charge in [-0.25, -0.2) is 4.79 Å². The van der Waals surface area contributed by atoms with Crippen LogP contribution in [-0.2, 0) is 4.79 Å². The summed E-state index contributed by atoms with van der Waals surface area (Å²) in [5, 5.41) is 13.7. The summed E-state index contributed by atoms with van der Waals surface area (Å²) in [5.41, 5.74) is 5.66. The van der Waals surface area contributed by atoms with Crippen molar-refractivity contribution in [2.45, 2.75) is 6.04 Å². The number of halogens is 1. The van der Waals surface area contributed by atoms with Gasteiger partial charge in [0, 0.05) is 6.54 Å². The van der Waals surface area contributed by atoms with Gasteiger partial charge in [0.2, 0.25) is 0 Å². The van der Waals surface area contributed by atoms with E-state index in [2.05, 4.69) is 10.6 Å². The third-order valence-corrected chi connectivity index (χ3v) is 2.25. The van der Waals surface area contributed by atoms with Gasteiger partial charge in [0.25, 0.3) is 0 Å². The van der Waals surface area contributed by atoms with Crippen LogP contribution in [0.2, 0.25) is 5.02 Å². The SMILES string of the molecule is NC(CNC(=O)Nc1ccccc1Cl)C(=O)O. The van der Waals surface area contributed by atoms with Crippen molar-refractivity contribution < 1.29 is 14.7 Å². The van der Waals surface area contributed by atoms with Gasteiger partial charge >= 0.3 is 12.0 Å². The first-order valence-corrected chi connectivity index (χ1v) is 5.16. The molecule has 0 fully saturated rings. The molecule has 17 heavy (non-hydrogen) atoms. The van der Waals surface area contributed by atoms with Gasteiger partial charge in [0.1, 0.15) is 6.04 Å². The fourth-order valence-electron chi connectivity index (χ4n) is 1.02. The molecule has 1 atom stereocenters. The van der Waals surface area contributed by atoms with Gasteiger partial charge in [-0.1, -0.05) is 23.7 Å². The predicted octanol–water partition coefficient (Wildman–Crippen LogP) is 0.873. The highest BCUT2D eigenvalue weighted by Gasteiger charge is 2.12. The van der Waals surface area contributed by atoms with Crippen LogP contribution in [0, 0.1) is 0 Å². The van der Waals surface area contributed by atoms with Gasteiger partial charge in [-0.2, -0.15) is 0 Å². The lowest BCUT2D eigenvalue weighted by atomic mass is 10.3. The topological polar surface area (TPSA) is 104 Å². The van der Waals surface area contributed by atoms with Crippen LogP contribution in [-0.4, -0.2) is 29.7 Å². The molecule has 0 bridgehead atoms. The Hall–Kier alpha value is -1.79. The largest absolute Gasteiger partial charge is 0.480 e. The Bertz CT molecular complexity index is 425. The molecular formula is C10H12ClN3O3. The first-order valence-electron chi connectivity index (χ1n) is 4.78. The van der Waals surface area contributed by atoms with E-state index in [0.717, 1.165) is 0 Å². The number of nitrogens with one attached hydrogen (secondary N) is 2. The molecule has 0 heterocycles. The quantitative estimate of drug-likeness (QED) is 0.642. The molecule has 1 unspecified atom stereocenters. The number of carboxylic acids is 1. The highest BCUT2D eigenvalue weighted by atomic mass is 35.5. The van der Waals surface area contributed by atoms with Gasteiger partial charge in [-0.15, -0.1) is 0 Å². The van der Waals surface area contributed by atoms with E-state index in [-0.39, 0.29) is 6.54 Å². The summed E-state index contributed by atoms with van der Waals surface area (Å²) in [4.78, 5) is 21.8. The van der Waals surface area contributed by atoms with Crippen molar-refractivity contribution in [2.75, 3.05) is 11.9 Å². The number of urea groups is 1. The Morgan fingerprint density at radius 2 is 2.06 bits per heavy atom. The van der Waals surface area contributed by atoms with Crippen molar-refractivity contribution in [2.24, 2.45) is 5.73 Å². The number of rotatable bonds is 4. The lowest BCUT2D eigenvalue weighted by Gasteiger charge is -2.10. The van der Waals surface area contributed by atoms with Crippen LogP contribution in [0.4, 0.5) is 10.5 Å². The first-order chi connectivity index (χ1) is 8.00. The average Bonchev–Trinajstić information content (AvgIpc) is 2.29. The fraction of sp³-hybridized carbons (Fsp3) is 0.200. The summed E-state index contributed by atoms with van der Waals surface area (Å²) in [5.74, 6) is -1.18. The zero-order valence-corrected chi connectivity index (χ0v) is 9.57. The molecule has 1 aromatic carbocycles. The van der Waals surface area contributed by atoms with Crippen LogP contribution in [0.15, 0.2) is 24.3 Å². The van der Waals surface area contributed by atoms with E-state index in [1.807, 2.05) is 0 Å². The number of nitrogens with two attached hydrogens (primary N) is 1. The molecule has 0 radical (unpaired) electrons. The fourth-order valence-corrected chi connectivity index (χ4v) is 1.20. The molecule has 1 aromatic rings. The second-order valence-corrected chi connectivity index (χ2v) is 3.67. The van der Waals surface area contributed by atoms with Gasteiger partial charge in [0.15, 0.2) is 0 Å². The second-order valence-electron chi connectivity index (χ2n) is 3.26. The lowest BCUT2D eigenvalue weighted by Crippen LogP contribution is -2.43. The molecular weight excluding hydrogens is 246 g/mol. The van der Waals surface area contributed by atoms with E-state index in [1.54, 1.807) is 24.3 Å². The number of anilines is 1. The number of carbonyl (C=O) groups excluding carboxylic acids is 1. The maximum Gasteiger partial charge on any atom is 0.322 e. The number of carboxylic acid groups (broad SMARTS) is 1. The van der Waals surface area contributed by atoms with Crippen LogP contribution >= 0.6 is 11.6 Å². The van der Waals surface area contributed by atoms with Gasteiger partial charge in [-0.05, 0) is 12.1 Å². The Kier molecular flexibility index (Phi) is 4.74. The summed E-state index contributed by atoms with van der Waals surface area (Å²) >= 11 is 5.82. The summed E-state index contributed by atoms with van der Waals surface area (Å²) in [6.07, 6.45) is 0. The highest BCUT2D eigenvalue weighted by Crippen LogP contribution is 2.19. The van der Waals surface area contributed by atoms with Crippen molar-refractivity contribution in [3.8, 4) is 0 Å². The van der Waals surface area contributed by atoms with Crippen LogP contribution < -0.4 is 16.4 Å². The van der Waals surface area contributed by atoms with E-state index in [4.69, 9.17) is 22.4 Å². The van der Waals surface area contributed by atoms with Crippen LogP contribution in [0.25, 0.3) is 0 Å². The molecule has 0 aliphatic rings. The Morgan fingerprint density at radius 1 is 1.41 bits per heavy atom. The molecule has 0 saturated heterocycles. The Balaban J connectivity index is 2.46. The molecule has 0 aromatic heterocycles. The molecule has 0 spiro atoms. The van der Waals surface area contributed by atoms with E-state index in [0.29, 0.717) is 10.7 Å². The number of carbonyl (C=O) groups is 2. The van der Waals surface area contributed by atoms with E-state index >= 15 is 0 Å². The van der Waals surface area contributed by atoms with Crippen molar-refractivity contribution in [3.05, 3.63) is 29.3 Å². The van der Waals surface area contributed by atoms with Crippen molar-refractivity contribution in [1.29, 1.82) is 0 Å². The minimum absolute atomic E-state index is 0.161. The summed E-state index contributed by atoms with van der Waals surface area (Å²) < 4.78 is 0. The lowest BCUT2D eigenvalue weighted by molar-refractivity contribution is -0.138. The number of benzene rings is 1. The Morgan fingerprint density at radius 3 is 2.65 bits per heavy atom. The predicted molar refractivity (Wildman–Crippen MR) is 64.1 cm³/mol. The maximum absolute atomic E-state index is 11.4. The maximum atomic E-state index is 11.4. The van der Waals surface area contributed by atoms with Gasteiger partial charge < -0.3 is 21.5 Å². The average molecular weight is 258 g/mol. The molecule has 0 aliphatic carbocycles. The van der Waals surface area contributed by atoms with Crippen molar-refractivity contribution in [1.82, 2.24) is 5.32 Å². The second kappa shape index (κ2) is 6.07. The van der Waals surface area contributed by atoms with Crippen LogP contribution in [0.5, 0.6) is 0 Å². The summed E-state index contributed by atoms with van der Waals surface area (Å²) in [6, 6.07) is 5.00. The standard InChI is InChI=1S/C10H12ClN3O3/c11-6-3-1-2-4-8(6)14-10(17)13-5-7(12)9(15)16/h1-4,7H,5,12H2,(H,15,16)(H2,13,14,17). The summed E-state index contributed by atoms with van der Waals surface area (Å²) in [6.45, 7) is -0.161. The molecule has 1 rings (SSSR count). The van der Waals surface area contributed by atoms with Crippen LogP contribution in [0.3, 0.4) is 0 Å². The minimum Gasteiger partial charge on any atom is -0.480 e. The molecule has 7 heteroatoms. The van der Waals surface area contributed by atoms with Gasteiger partial charge in [0.05, 0.1) is 10.7 Å². The smallest absolute Gasteiger partial charge is 0.322 e. The van der Waals surface area contributed by atoms with Crippen molar-refractivity contribution >= 4 is 29.3 Å². The normalized spacial score (nSPS) is 11.6. The molecule has 0 aliphatic heterocycles. The zero-order valence-electron chi connectivity index (χ0n) is 8.81. The van der Waals surface area contributed by atoms with Crippen LogP contribution in [0.1, 0.15) is 0 Å². The zero-order chi connectivity index (χ0) is 12.8. The minimum atomic E-state index is -1.18. The van der Waals surface area contributed by atoms with Gasteiger partial charge in [-0.3, -0.25) is 4.79 Å². The molecule has 5 N–H and O–H groups in total. The van der Waals surface area contributed by atoms with E-state index in [9.17, 15) is 9.59 Å². The number of aliphatic carboxylic acids is 1. The number of amides is 2.